The van der Waals surface area contributed by atoms with Crippen LogP contribution in [0.3, 0.4) is 0 Å². The van der Waals surface area contributed by atoms with Crippen LogP contribution in [-0.4, -0.2) is 44.3 Å². The van der Waals surface area contributed by atoms with E-state index in [0.29, 0.717) is 24.5 Å². The Balaban J connectivity index is 1.28. The summed E-state index contributed by atoms with van der Waals surface area (Å²) < 4.78 is 24.1. The molecule has 10 nitrogen and oxygen atoms in total. The van der Waals surface area contributed by atoms with Gasteiger partial charge in [-0.2, -0.15) is 5.01 Å². The first-order valence-electron chi connectivity index (χ1n) is 10.6. The van der Waals surface area contributed by atoms with Crippen LogP contribution in [0.4, 0.5) is 9.18 Å². The average Bonchev–Trinajstić information content (AvgIpc) is 3.35. The largest absolute Gasteiger partial charge is 0.481 e. The van der Waals surface area contributed by atoms with Crippen LogP contribution in [0, 0.1) is 11.7 Å². The number of nitrogens with one attached hydrogen (secondary N) is 2. The number of ether oxygens (including phenoxy) is 1. The molecule has 1 unspecified atom stereocenters. The maximum Gasteiger partial charge on any atom is 0.344 e. The molecule has 4 rings (SSSR count). The van der Waals surface area contributed by atoms with E-state index in [0.717, 1.165) is 29.6 Å². The summed E-state index contributed by atoms with van der Waals surface area (Å²) in [6, 6.07) is 4.89. The van der Waals surface area contributed by atoms with Crippen molar-refractivity contribution in [2.75, 3.05) is 5.75 Å². The minimum atomic E-state index is -0.925. The molecule has 2 aromatic rings. The Kier molecular flexibility index (Phi) is 6.54. The average molecular weight is 478 g/mol. The minimum Gasteiger partial charge on any atom is -0.481 e. The fourth-order valence-corrected chi connectivity index (χ4v) is 4.37. The summed E-state index contributed by atoms with van der Waals surface area (Å²) in [7, 11) is 0. The third-order valence-electron chi connectivity index (χ3n) is 5.75. The molecule has 4 amide bonds. The SMILES string of the molecule is CC1CCC2(CC1)NC(=O)N(NC(=O)CSc1nnc(C(C)Oc3ccc(F)cc3)o1)C2=O. The smallest absolute Gasteiger partial charge is 0.344 e. The number of thioether (sulfide) groups is 1. The third-order valence-corrected chi connectivity index (χ3v) is 6.57. The normalized spacial score (nSPS) is 23.5. The van der Waals surface area contributed by atoms with Gasteiger partial charge in [0.15, 0.2) is 6.10 Å². The molecule has 2 heterocycles. The maximum atomic E-state index is 13.0. The van der Waals surface area contributed by atoms with Gasteiger partial charge in [0.1, 0.15) is 17.1 Å². The summed E-state index contributed by atoms with van der Waals surface area (Å²) in [6.07, 6.45) is 2.20. The molecule has 1 atom stereocenters. The van der Waals surface area contributed by atoms with Crippen LogP contribution in [0.5, 0.6) is 5.75 Å². The van der Waals surface area contributed by atoms with Crippen molar-refractivity contribution in [2.45, 2.75) is 56.4 Å². The molecule has 12 heteroatoms. The molecular formula is C21H24FN5O5S. The van der Waals surface area contributed by atoms with Gasteiger partial charge in [-0.1, -0.05) is 18.7 Å². The molecule has 1 aromatic carbocycles. The highest BCUT2D eigenvalue weighted by atomic mass is 32.2. The van der Waals surface area contributed by atoms with Crippen LogP contribution in [0.25, 0.3) is 0 Å². The molecule has 1 saturated carbocycles. The zero-order valence-corrected chi connectivity index (χ0v) is 19.0. The predicted molar refractivity (Wildman–Crippen MR) is 114 cm³/mol. The molecular weight excluding hydrogens is 453 g/mol. The maximum absolute atomic E-state index is 13.0. The summed E-state index contributed by atoms with van der Waals surface area (Å²) >= 11 is 0.961. The first kappa shape index (κ1) is 23.0. The molecule has 1 aliphatic heterocycles. The van der Waals surface area contributed by atoms with Crippen LogP contribution < -0.4 is 15.5 Å². The number of carbonyl (C=O) groups excluding carboxylic acids is 3. The number of urea groups is 1. The lowest BCUT2D eigenvalue weighted by molar-refractivity contribution is -0.139. The number of nitrogens with zero attached hydrogens (tertiary/aromatic N) is 3. The van der Waals surface area contributed by atoms with E-state index in [9.17, 15) is 18.8 Å². The van der Waals surface area contributed by atoms with Crippen molar-refractivity contribution in [1.82, 2.24) is 25.9 Å². The number of rotatable bonds is 7. The van der Waals surface area contributed by atoms with Gasteiger partial charge in [-0.05, 0) is 62.8 Å². The number of hydrogen-bond acceptors (Lipinski definition) is 8. The molecule has 0 bridgehead atoms. The molecule has 0 radical (unpaired) electrons. The van der Waals surface area contributed by atoms with Gasteiger partial charge in [-0.25, -0.2) is 9.18 Å². The Morgan fingerprint density at radius 3 is 2.73 bits per heavy atom. The number of benzene rings is 1. The zero-order chi connectivity index (χ0) is 23.6. The van der Waals surface area contributed by atoms with E-state index in [1.54, 1.807) is 6.92 Å². The van der Waals surface area contributed by atoms with E-state index in [1.165, 1.54) is 24.3 Å². The second kappa shape index (κ2) is 9.38. The van der Waals surface area contributed by atoms with Crippen molar-refractivity contribution in [3.05, 3.63) is 36.0 Å². The fraction of sp³-hybridized carbons (Fsp3) is 0.476. The summed E-state index contributed by atoms with van der Waals surface area (Å²) in [4.78, 5) is 37.4. The number of aromatic nitrogens is 2. The van der Waals surface area contributed by atoms with Gasteiger partial charge in [-0.3, -0.25) is 15.0 Å². The van der Waals surface area contributed by atoms with E-state index >= 15 is 0 Å². The number of amides is 4. The minimum absolute atomic E-state index is 0.129. The molecule has 1 aromatic heterocycles. The highest BCUT2D eigenvalue weighted by Gasteiger charge is 2.52. The van der Waals surface area contributed by atoms with Gasteiger partial charge in [0.05, 0.1) is 5.75 Å². The van der Waals surface area contributed by atoms with E-state index in [1.807, 2.05) is 0 Å². The third kappa shape index (κ3) is 5.10. The fourth-order valence-electron chi connectivity index (χ4n) is 3.81. The second-order valence-electron chi connectivity index (χ2n) is 8.28. The predicted octanol–water partition coefficient (Wildman–Crippen LogP) is 2.97. The lowest BCUT2D eigenvalue weighted by atomic mass is 9.77. The van der Waals surface area contributed by atoms with Crippen LogP contribution in [0.2, 0.25) is 0 Å². The molecule has 33 heavy (non-hydrogen) atoms. The molecule has 1 aliphatic carbocycles. The number of imide groups is 1. The van der Waals surface area contributed by atoms with Gasteiger partial charge < -0.3 is 14.5 Å². The van der Waals surface area contributed by atoms with E-state index < -0.39 is 29.5 Å². The zero-order valence-electron chi connectivity index (χ0n) is 18.2. The number of carbonyl (C=O) groups is 3. The van der Waals surface area contributed by atoms with E-state index in [4.69, 9.17) is 9.15 Å². The number of hydrogen-bond donors (Lipinski definition) is 2. The molecule has 2 N–H and O–H groups in total. The van der Waals surface area contributed by atoms with Gasteiger partial charge in [0.2, 0.25) is 5.91 Å². The Hall–Kier alpha value is -3.15. The van der Waals surface area contributed by atoms with Crippen molar-refractivity contribution in [1.29, 1.82) is 0 Å². The summed E-state index contributed by atoms with van der Waals surface area (Å²) in [5.74, 6) is -0.371. The molecule has 1 saturated heterocycles. The lowest BCUT2D eigenvalue weighted by Gasteiger charge is -2.33. The molecule has 176 valence electrons. The van der Waals surface area contributed by atoms with Gasteiger partial charge in [0, 0.05) is 0 Å². The van der Waals surface area contributed by atoms with Crippen molar-refractivity contribution in [2.24, 2.45) is 5.92 Å². The van der Waals surface area contributed by atoms with Crippen LogP contribution in [0.1, 0.15) is 51.5 Å². The van der Waals surface area contributed by atoms with E-state index in [-0.39, 0.29) is 22.7 Å². The summed E-state index contributed by atoms with van der Waals surface area (Å²) in [5, 5.41) is 11.4. The highest BCUT2D eigenvalue weighted by Crippen LogP contribution is 2.35. The first-order valence-corrected chi connectivity index (χ1v) is 11.6. The number of halogens is 1. The van der Waals surface area contributed by atoms with Crippen molar-refractivity contribution in [3.8, 4) is 5.75 Å². The molecule has 1 spiro atoms. The van der Waals surface area contributed by atoms with Crippen molar-refractivity contribution in [3.63, 3.8) is 0 Å². The number of hydrazine groups is 1. The quantitative estimate of drug-likeness (QED) is 0.460. The van der Waals surface area contributed by atoms with Crippen LogP contribution in [0.15, 0.2) is 33.9 Å². The standard InChI is InChI=1S/C21H24FN5O5S/c1-12-7-9-21(10-8-12)18(29)27(19(30)23-21)26-16(28)11-33-20-25-24-17(32-20)13(2)31-15-5-3-14(22)4-6-15/h3-6,12-13H,7-11H2,1-2H3,(H,23,30)(H,26,28). The Morgan fingerprint density at radius 2 is 2.03 bits per heavy atom. The molecule has 2 fully saturated rings. The Morgan fingerprint density at radius 1 is 1.33 bits per heavy atom. The highest BCUT2D eigenvalue weighted by molar-refractivity contribution is 7.99. The second-order valence-corrected chi connectivity index (χ2v) is 9.21. The van der Waals surface area contributed by atoms with Gasteiger partial charge >= 0.3 is 6.03 Å². The monoisotopic (exact) mass is 477 g/mol. The topological polar surface area (TPSA) is 127 Å². The van der Waals surface area contributed by atoms with Crippen molar-refractivity contribution >= 4 is 29.6 Å². The van der Waals surface area contributed by atoms with E-state index in [2.05, 4.69) is 27.9 Å². The lowest BCUT2D eigenvalue weighted by Crippen LogP contribution is -2.51. The van der Waals surface area contributed by atoms with Crippen molar-refractivity contribution < 1.29 is 27.9 Å². The van der Waals surface area contributed by atoms with Crippen LogP contribution in [-0.2, 0) is 9.59 Å². The first-order chi connectivity index (χ1) is 15.8. The Labute approximate surface area is 193 Å². The summed E-state index contributed by atoms with van der Waals surface area (Å²) in [6.45, 7) is 3.81. The van der Waals surface area contributed by atoms with Gasteiger partial charge in [0.25, 0.3) is 17.0 Å². The molecule has 2 aliphatic rings. The van der Waals surface area contributed by atoms with Gasteiger partial charge in [-0.15, -0.1) is 10.2 Å². The summed E-state index contributed by atoms with van der Waals surface area (Å²) in [5.41, 5.74) is 1.44. The Bertz CT molecular complexity index is 1040. The van der Waals surface area contributed by atoms with Crippen LogP contribution >= 0.6 is 11.8 Å².